The molecule has 12 heteroatoms. The Morgan fingerprint density at radius 1 is 1.21 bits per heavy atom. The fraction of sp³-hybridized carbons (Fsp3) is 0.630. The zero-order chi connectivity index (χ0) is 28.7. The third kappa shape index (κ3) is 6.02. The van der Waals surface area contributed by atoms with E-state index in [4.69, 9.17) is 0 Å². The number of hydrogen-bond acceptors (Lipinski definition) is 7. The van der Waals surface area contributed by atoms with Gasteiger partial charge in [0.1, 0.15) is 6.04 Å². The number of aryl methyl sites for hydroxylation is 1. The van der Waals surface area contributed by atoms with E-state index in [0.717, 1.165) is 30.4 Å². The maximum Gasteiger partial charge on any atom is 0.246 e. The van der Waals surface area contributed by atoms with Crippen LogP contribution in [0, 0.1) is 11.3 Å². The third-order valence-electron chi connectivity index (χ3n) is 7.98. The standard InChI is InChI=1S/C27H40N6O5S/c1-16(28-5)24(34)31-23(27(2,3)4)26(36)32-12-11-21-22(32)19(15-33(21)39(6,37)38)25(35)30-18-13-17-9-7-8-10-20(17)29-14-18/h8,10,13-14,16,19,21-23,28H,7,9,11-12,15H2,1-6H3,(H,30,35)(H,31,34)/t16-,19-,21+,22+,23+/m0/s1. The first kappa shape index (κ1) is 29.2. The predicted octanol–water partition coefficient (Wildman–Crippen LogP) is 0.979. The Bertz CT molecular complexity index is 1270. The van der Waals surface area contributed by atoms with E-state index in [1.165, 1.54) is 4.31 Å². The Kier molecular flexibility index (Phi) is 8.21. The number of nitrogens with zero attached hydrogens (tertiary/aromatic N) is 3. The van der Waals surface area contributed by atoms with Gasteiger partial charge in [0.25, 0.3) is 0 Å². The molecule has 2 saturated heterocycles. The van der Waals surface area contributed by atoms with Gasteiger partial charge in [-0.05, 0) is 56.4 Å². The second kappa shape index (κ2) is 11.0. The first-order valence-electron chi connectivity index (χ1n) is 13.4. The molecule has 11 nitrogen and oxygen atoms in total. The van der Waals surface area contributed by atoms with Gasteiger partial charge in [0.15, 0.2) is 0 Å². The highest BCUT2D eigenvalue weighted by Crippen LogP contribution is 2.39. The van der Waals surface area contributed by atoms with Crippen molar-refractivity contribution >= 4 is 39.5 Å². The molecule has 0 spiro atoms. The number of likely N-dealkylation sites (tertiary alicyclic amines) is 1. The average Bonchev–Trinajstić information content (AvgIpc) is 3.46. The number of anilines is 1. The van der Waals surface area contributed by atoms with Crippen molar-refractivity contribution < 1.29 is 22.8 Å². The fourth-order valence-electron chi connectivity index (χ4n) is 5.73. The Morgan fingerprint density at radius 2 is 1.92 bits per heavy atom. The number of pyridine rings is 1. The van der Waals surface area contributed by atoms with Crippen molar-refractivity contribution in [1.82, 2.24) is 24.8 Å². The topological polar surface area (TPSA) is 141 Å². The van der Waals surface area contributed by atoms with Crippen LogP contribution in [-0.4, -0.2) is 90.9 Å². The number of carbonyl (C=O) groups excluding carboxylic acids is 3. The number of amides is 3. The Morgan fingerprint density at radius 3 is 2.56 bits per heavy atom. The van der Waals surface area contributed by atoms with E-state index in [0.29, 0.717) is 18.7 Å². The quantitative estimate of drug-likeness (QED) is 0.452. The highest BCUT2D eigenvalue weighted by Gasteiger charge is 2.56. The summed E-state index contributed by atoms with van der Waals surface area (Å²) in [7, 11) is -1.96. The molecule has 5 atom stereocenters. The van der Waals surface area contributed by atoms with Crippen LogP contribution in [0.4, 0.5) is 5.69 Å². The highest BCUT2D eigenvalue weighted by atomic mass is 32.2. The van der Waals surface area contributed by atoms with Gasteiger partial charge in [-0.2, -0.15) is 4.31 Å². The van der Waals surface area contributed by atoms with Crippen LogP contribution in [0.3, 0.4) is 0 Å². The minimum atomic E-state index is -3.62. The van der Waals surface area contributed by atoms with Crippen LogP contribution in [0.2, 0.25) is 0 Å². The van der Waals surface area contributed by atoms with Gasteiger partial charge in [0, 0.05) is 19.1 Å². The van der Waals surface area contributed by atoms with Crippen LogP contribution in [0.25, 0.3) is 6.08 Å². The number of rotatable bonds is 7. The third-order valence-corrected chi connectivity index (χ3v) is 9.25. The number of nitrogens with one attached hydrogen (secondary N) is 3. The molecule has 1 aromatic heterocycles. The zero-order valence-corrected chi connectivity index (χ0v) is 24.3. The van der Waals surface area contributed by atoms with Crippen LogP contribution < -0.4 is 16.0 Å². The molecule has 3 aliphatic rings. The molecule has 3 amide bonds. The van der Waals surface area contributed by atoms with E-state index in [-0.39, 0.29) is 24.3 Å². The lowest BCUT2D eigenvalue weighted by atomic mass is 9.85. The van der Waals surface area contributed by atoms with Crippen molar-refractivity contribution in [3.8, 4) is 0 Å². The van der Waals surface area contributed by atoms with Crippen LogP contribution in [0.1, 0.15) is 51.8 Å². The summed E-state index contributed by atoms with van der Waals surface area (Å²) in [5, 5.41) is 8.69. The maximum absolute atomic E-state index is 14.0. The van der Waals surface area contributed by atoms with Crippen molar-refractivity contribution in [2.45, 2.75) is 71.1 Å². The molecule has 2 fully saturated rings. The van der Waals surface area contributed by atoms with E-state index in [9.17, 15) is 22.8 Å². The summed E-state index contributed by atoms with van der Waals surface area (Å²) in [5.41, 5.74) is 1.84. The first-order valence-corrected chi connectivity index (χ1v) is 15.3. The normalized spacial score (nSPS) is 24.6. The molecule has 4 rings (SSSR count). The summed E-state index contributed by atoms with van der Waals surface area (Å²) in [4.78, 5) is 46.4. The van der Waals surface area contributed by atoms with Gasteiger partial charge in [-0.3, -0.25) is 19.4 Å². The van der Waals surface area contributed by atoms with Gasteiger partial charge in [-0.25, -0.2) is 8.42 Å². The first-order chi connectivity index (χ1) is 18.2. The maximum atomic E-state index is 14.0. The number of aromatic nitrogens is 1. The highest BCUT2D eigenvalue weighted by molar-refractivity contribution is 7.88. The lowest BCUT2D eigenvalue weighted by Gasteiger charge is -2.37. The monoisotopic (exact) mass is 560 g/mol. The Hall–Kier alpha value is -2.83. The molecule has 3 heterocycles. The van der Waals surface area contributed by atoms with Crippen LogP contribution in [0.15, 0.2) is 18.3 Å². The molecule has 0 unspecified atom stereocenters. The lowest BCUT2D eigenvalue weighted by molar-refractivity contribution is -0.141. The summed E-state index contributed by atoms with van der Waals surface area (Å²) < 4.78 is 26.7. The lowest BCUT2D eigenvalue weighted by Crippen LogP contribution is -2.59. The second-order valence-corrected chi connectivity index (χ2v) is 13.8. The number of fused-ring (bicyclic) bond motifs is 2. The smallest absolute Gasteiger partial charge is 0.246 e. The summed E-state index contributed by atoms with van der Waals surface area (Å²) in [6, 6.07) is -0.618. The largest absolute Gasteiger partial charge is 0.342 e. The molecule has 0 bridgehead atoms. The van der Waals surface area contributed by atoms with Gasteiger partial charge >= 0.3 is 0 Å². The minimum Gasteiger partial charge on any atom is -0.342 e. The molecule has 39 heavy (non-hydrogen) atoms. The molecular formula is C27H40N6O5S. The molecule has 0 radical (unpaired) electrons. The van der Waals surface area contributed by atoms with Crippen molar-refractivity contribution in [2.75, 3.05) is 31.7 Å². The predicted molar refractivity (Wildman–Crippen MR) is 149 cm³/mol. The van der Waals surface area contributed by atoms with E-state index in [1.807, 2.05) is 32.9 Å². The van der Waals surface area contributed by atoms with E-state index < -0.39 is 45.5 Å². The average molecular weight is 561 g/mol. The van der Waals surface area contributed by atoms with Gasteiger partial charge in [0.2, 0.25) is 27.7 Å². The molecule has 0 aromatic carbocycles. The zero-order valence-electron chi connectivity index (χ0n) is 23.5. The molecule has 2 aliphatic heterocycles. The Labute approximate surface area is 230 Å². The fourth-order valence-corrected chi connectivity index (χ4v) is 6.89. The molecule has 3 N–H and O–H groups in total. The van der Waals surface area contributed by atoms with Gasteiger partial charge in [0.05, 0.1) is 41.8 Å². The van der Waals surface area contributed by atoms with Gasteiger partial charge in [-0.1, -0.05) is 26.8 Å². The summed E-state index contributed by atoms with van der Waals surface area (Å²) in [5.74, 6) is -1.76. The van der Waals surface area contributed by atoms with Crippen LogP contribution in [-0.2, 0) is 30.8 Å². The number of hydrogen-bond donors (Lipinski definition) is 3. The van der Waals surface area contributed by atoms with Crippen LogP contribution >= 0.6 is 0 Å². The summed E-state index contributed by atoms with van der Waals surface area (Å²) in [6.45, 7) is 7.58. The van der Waals surface area contributed by atoms with Gasteiger partial charge in [-0.15, -0.1) is 0 Å². The van der Waals surface area contributed by atoms with Crippen molar-refractivity contribution in [1.29, 1.82) is 0 Å². The molecule has 1 aliphatic carbocycles. The summed E-state index contributed by atoms with van der Waals surface area (Å²) in [6.07, 6.45) is 8.89. The number of carbonyl (C=O) groups is 3. The number of sulfonamides is 1. The molecule has 1 aromatic rings. The SMILES string of the molecule is CN[C@@H](C)C(=O)N[C@H](C(=O)N1CC[C@@H]2[C@H]1[C@@H](C(=O)Nc1cnc3c(c1)CCC=C3)CN2S(C)(=O)=O)C(C)(C)C. The summed E-state index contributed by atoms with van der Waals surface area (Å²) >= 11 is 0. The molecule has 0 saturated carbocycles. The molecule has 214 valence electrons. The second-order valence-electron chi connectivity index (χ2n) is 11.8. The van der Waals surface area contributed by atoms with Crippen molar-refractivity contribution in [3.63, 3.8) is 0 Å². The van der Waals surface area contributed by atoms with E-state index in [1.54, 1.807) is 25.1 Å². The van der Waals surface area contributed by atoms with Crippen LogP contribution in [0.5, 0.6) is 0 Å². The Balaban J connectivity index is 1.62. The number of allylic oxidation sites excluding steroid dienone is 1. The minimum absolute atomic E-state index is 0.0196. The van der Waals surface area contributed by atoms with E-state index >= 15 is 0 Å². The van der Waals surface area contributed by atoms with Crippen molar-refractivity contribution in [3.05, 3.63) is 29.6 Å². The van der Waals surface area contributed by atoms with Crippen molar-refractivity contribution in [2.24, 2.45) is 11.3 Å². The van der Waals surface area contributed by atoms with E-state index in [2.05, 4.69) is 27.0 Å². The molecular weight excluding hydrogens is 520 g/mol. The van der Waals surface area contributed by atoms with Gasteiger partial charge < -0.3 is 20.9 Å². The number of likely N-dealkylation sites (N-methyl/N-ethyl adjacent to an activating group) is 1.